The number of hydrogen-bond donors (Lipinski definition) is 2. The van der Waals surface area contributed by atoms with Gasteiger partial charge >= 0.3 is 6.09 Å². The van der Waals surface area contributed by atoms with Crippen LogP contribution in [-0.2, 0) is 32.3 Å². The maximum atomic E-state index is 13.6. The van der Waals surface area contributed by atoms with Crippen molar-refractivity contribution in [3.8, 4) is 0 Å². The van der Waals surface area contributed by atoms with Gasteiger partial charge in [0.15, 0.2) is 0 Å². The van der Waals surface area contributed by atoms with Crippen LogP contribution >= 0.6 is 0 Å². The minimum atomic E-state index is -0.737. The summed E-state index contributed by atoms with van der Waals surface area (Å²) in [6.45, 7) is 7.90. The van der Waals surface area contributed by atoms with E-state index < -0.39 is 18.2 Å². The third kappa shape index (κ3) is 8.31. The Labute approximate surface area is 242 Å². The second kappa shape index (κ2) is 14.1. The molecule has 2 saturated heterocycles. The van der Waals surface area contributed by atoms with E-state index in [-0.39, 0.29) is 36.2 Å². The molecule has 2 aliphatic heterocycles. The zero-order valence-corrected chi connectivity index (χ0v) is 24.3. The van der Waals surface area contributed by atoms with E-state index in [1.165, 1.54) is 0 Å². The molecule has 0 spiro atoms. The quantitative estimate of drug-likeness (QED) is 0.458. The molecule has 4 amide bonds. The van der Waals surface area contributed by atoms with Gasteiger partial charge in [-0.1, -0.05) is 74.0 Å². The highest BCUT2D eigenvalue weighted by atomic mass is 16.5. The topological polar surface area (TPSA) is 108 Å². The van der Waals surface area contributed by atoms with E-state index in [0.717, 1.165) is 29.5 Å². The number of aryl methyl sites for hydroxylation is 1. The first-order valence-electron chi connectivity index (χ1n) is 14.6. The number of piperidine rings is 1. The van der Waals surface area contributed by atoms with Gasteiger partial charge in [0, 0.05) is 32.6 Å². The molecule has 0 aliphatic carbocycles. The molecule has 9 heteroatoms. The van der Waals surface area contributed by atoms with Gasteiger partial charge in [-0.2, -0.15) is 0 Å². The molecule has 2 aliphatic rings. The van der Waals surface area contributed by atoms with E-state index in [1.807, 2.05) is 80.3 Å². The molecule has 2 heterocycles. The number of carbonyl (C=O) groups is 4. The highest BCUT2D eigenvalue weighted by molar-refractivity contribution is 5.91. The van der Waals surface area contributed by atoms with Crippen LogP contribution in [0.3, 0.4) is 0 Å². The molecule has 2 aromatic carbocycles. The lowest BCUT2D eigenvalue weighted by Crippen LogP contribution is -2.53. The lowest BCUT2D eigenvalue weighted by Gasteiger charge is -2.36. The van der Waals surface area contributed by atoms with Gasteiger partial charge in [0.25, 0.3) is 0 Å². The summed E-state index contributed by atoms with van der Waals surface area (Å²) in [6.07, 6.45) is 2.00. The fourth-order valence-corrected chi connectivity index (χ4v) is 5.50. The predicted molar refractivity (Wildman–Crippen MR) is 155 cm³/mol. The standard InChI is InChI=1S/C32H42N4O5/c1-22(2)29(34-32(40)41-21-25-8-5-4-6-9-25)30(38)33-18-26-10-7-17-35(19-26)31(39)27-15-16-28(37)36(27)20-24-13-11-23(3)12-14-24/h4-6,8-9,11-14,22,26-27,29H,7,10,15-21H2,1-3H3,(H,33,38)(H,34,40)/t26-,27-,29-/m0/s1. The summed E-state index contributed by atoms with van der Waals surface area (Å²) in [5, 5.41) is 5.68. The molecule has 3 atom stereocenters. The minimum absolute atomic E-state index is 0.0122. The van der Waals surface area contributed by atoms with Crippen LogP contribution in [0.1, 0.15) is 56.2 Å². The first-order valence-corrected chi connectivity index (χ1v) is 14.6. The van der Waals surface area contributed by atoms with Crippen LogP contribution in [0.15, 0.2) is 54.6 Å². The van der Waals surface area contributed by atoms with Crippen LogP contribution in [0.4, 0.5) is 4.79 Å². The molecule has 2 fully saturated rings. The zero-order chi connectivity index (χ0) is 29.4. The smallest absolute Gasteiger partial charge is 0.408 e. The Morgan fingerprint density at radius 3 is 2.44 bits per heavy atom. The molecule has 41 heavy (non-hydrogen) atoms. The van der Waals surface area contributed by atoms with Gasteiger partial charge in [0.2, 0.25) is 17.7 Å². The Kier molecular flexibility index (Phi) is 10.4. The number of benzene rings is 2. The van der Waals surface area contributed by atoms with Crippen molar-refractivity contribution in [3.05, 3.63) is 71.3 Å². The number of hydrogen-bond acceptors (Lipinski definition) is 5. The van der Waals surface area contributed by atoms with Gasteiger partial charge in [-0.05, 0) is 49.1 Å². The van der Waals surface area contributed by atoms with Gasteiger partial charge in [-0.25, -0.2) is 4.79 Å². The fourth-order valence-electron chi connectivity index (χ4n) is 5.50. The molecule has 0 bridgehead atoms. The number of alkyl carbamates (subject to hydrolysis) is 1. The van der Waals surface area contributed by atoms with Gasteiger partial charge < -0.3 is 25.2 Å². The van der Waals surface area contributed by atoms with Crippen molar-refractivity contribution in [2.75, 3.05) is 19.6 Å². The SMILES string of the molecule is Cc1ccc(CN2C(=O)CC[C@H]2C(=O)N2CCC[C@@H](CNC(=O)[C@@H](NC(=O)OCc3ccccc3)C(C)C)C2)cc1. The monoisotopic (exact) mass is 562 g/mol. The first kappa shape index (κ1) is 30.1. The van der Waals surface area contributed by atoms with Crippen LogP contribution in [-0.4, -0.2) is 65.3 Å². The molecule has 9 nitrogen and oxygen atoms in total. The van der Waals surface area contributed by atoms with Crippen molar-refractivity contribution in [2.45, 2.75) is 71.7 Å². The molecule has 0 radical (unpaired) electrons. The van der Waals surface area contributed by atoms with Crippen LogP contribution in [0, 0.1) is 18.8 Å². The summed E-state index contributed by atoms with van der Waals surface area (Å²) in [7, 11) is 0. The number of ether oxygens (including phenoxy) is 1. The summed E-state index contributed by atoms with van der Waals surface area (Å²) < 4.78 is 5.30. The average molecular weight is 563 g/mol. The number of rotatable bonds is 10. The number of nitrogens with zero attached hydrogens (tertiary/aromatic N) is 2. The van der Waals surface area contributed by atoms with Crippen molar-refractivity contribution in [1.29, 1.82) is 0 Å². The molecule has 2 aromatic rings. The van der Waals surface area contributed by atoms with E-state index in [2.05, 4.69) is 10.6 Å². The van der Waals surface area contributed by atoms with E-state index >= 15 is 0 Å². The van der Waals surface area contributed by atoms with Gasteiger partial charge in [0.05, 0.1) is 0 Å². The summed E-state index contributed by atoms with van der Waals surface area (Å²) >= 11 is 0. The molecule has 0 unspecified atom stereocenters. The Morgan fingerprint density at radius 2 is 1.73 bits per heavy atom. The summed E-state index contributed by atoms with van der Waals surface area (Å²) in [5.74, 6) is -0.313. The molecule has 0 aromatic heterocycles. The minimum Gasteiger partial charge on any atom is -0.445 e. The Morgan fingerprint density at radius 1 is 1.00 bits per heavy atom. The summed E-state index contributed by atoms with van der Waals surface area (Å²) in [4.78, 5) is 55.2. The molecule has 2 N–H and O–H groups in total. The highest BCUT2D eigenvalue weighted by Gasteiger charge is 2.39. The number of nitrogens with one attached hydrogen (secondary N) is 2. The van der Waals surface area contributed by atoms with Gasteiger partial charge in [-0.15, -0.1) is 0 Å². The van der Waals surface area contributed by atoms with Crippen LogP contribution < -0.4 is 10.6 Å². The second-order valence-corrected chi connectivity index (χ2v) is 11.5. The van der Waals surface area contributed by atoms with Crippen LogP contribution in [0.5, 0.6) is 0 Å². The third-order valence-electron chi connectivity index (χ3n) is 7.92. The Balaban J connectivity index is 1.27. The summed E-state index contributed by atoms with van der Waals surface area (Å²) in [6, 6.07) is 16.2. The van der Waals surface area contributed by atoms with Crippen molar-refractivity contribution in [2.24, 2.45) is 11.8 Å². The largest absolute Gasteiger partial charge is 0.445 e. The summed E-state index contributed by atoms with van der Waals surface area (Å²) in [5.41, 5.74) is 3.03. The van der Waals surface area contributed by atoms with E-state index in [4.69, 9.17) is 4.74 Å². The highest BCUT2D eigenvalue weighted by Crippen LogP contribution is 2.26. The lowest BCUT2D eigenvalue weighted by atomic mass is 9.96. The van der Waals surface area contributed by atoms with Crippen molar-refractivity contribution >= 4 is 23.8 Å². The van der Waals surface area contributed by atoms with Crippen LogP contribution in [0.2, 0.25) is 0 Å². The maximum Gasteiger partial charge on any atom is 0.408 e. The number of likely N-dealkylation sites (tertiary alicyclic amines) is 2. The van der Waals surface area contributed by atoms with Gasteiger partial charge in [-0.3, -0.25) is 14.4 Å². The fraction of sp³-hybridized carbons (Fsp3) is 0.500. The molecule has 4 rings (SSSR count). The molecular formula is C32H42N4O5. The van der Waals surface area contributed by atoms with Crippen molar-refractivity contribution < 1.29 is 23.9 Å². The lowest BCUT2D eigenvalue weighted by molar-refractivity contribution is -0.143. The third-order valence-corrected chi connectivity index (χ3v) is 7.92. The van der Waals surface area contributed by atoms with Crippen LogP contribution in [0.25, 0.3) is 0 Å². The normalized spacial score (nSPS) is 19.7. The molecule has 0 saturated carbocycles. The van der Waals surface area contributed by atoms with Crippen molar-refractivity contribution in [3.63, 3.8) is 0 Å². The maximum absolute atomic E-state index is 13.6. The molecular weight excluding hydrogens is 520 g/mol. The van der Waals surface area contributed by atoms with Gasteiger partial charge in [0.1, 0.15) is 18.7 Å². The number of amides is 4. The Hall–Kier alpha value is -3.88. The predicted octanol–water partition coefficient (Wildman–Crippen LogP) is 3.79. The zero-order valence-electron chi connectivity index (χ0n) is 24.3. The second-order valence-electron chi connectivity index (χ2n) is 11.5. The molecule has 220 valence electrons. The van der Waals surface area contributed by atoms with E-state index in [9.17, 15) is 19.2 Å². The van der Waals surface area contributed by atoms with Crippen molar-refractivity contribution in [1.82, 2.24) is 20.4 Å². The Bertz CT molecular complexity index is 1200. The average Bonchev–Trinajstić information content (AvgIpc) is 3.34. The number of carbonyl (C=O) groups excluding carboxylic acids is 4. The van der Waals surface area contributed by atoms with E-state index in [0.29, 0.717) is 39.0 Å². The first-order chi connectivity index (χ1) is 19.7. The van der Waals surface area contributed by atoms with E-state index in [1.54, 1.807) is 4.90 Å².